The van der Waals surface area contributed by atoms with Crippen molar-refractivity contribution in [3.05, 3.63) is 34.1 Å². The third-order valence-corrected chi connectivity index (χ3v) is 2.30. The highest BCUT2D eigenvalue weighted by Gasteiger charge is 2.23. The summed E-state index contributed by atoms with van der Waals surface area (Å²) in [6, 6.07) is 3.22. The maximum absolute atomic E-state index is 13.2. The van der Waals surface area contributed by atoms with Crippen LogP contribution in [0.2, 0.25) is 0 Å². The number of hydrogen-bond donors (Lipinski definition) is 1. The minimum atomic E-state index is -0.973. The summed E-state index contributed by atoms with van der Waals surface area (Å²) < 4.78 is 23.2. The van der Waals surface area contributed by atoms with E-state index in [-0.39, 0.29) is 12.4 Å². The fourth-order valence-electron chi connectivity index (χ4n) is 1.44. The lowest BCUT2D eigenvalue weighted by atomic mass is 10.3. The Bertz CT molecular complexity index is 493. The van der Waals surface area contributed by atoms with Crippen LogP contribution in [0.4, 0.5) is 14.9 Å². The summed E-state index contributed by atoms with van der Waals surface area (Å²) in [5.41, 5.74) is -0.615. The maximum Gasteiger partial charge on any atom is 0.407 e. The van der Waals surface area contributed by atoms with E-state index in [4.69, 9.17) is 9.47 Å². The van der Waals surface area contributed by atoms with Gasteiger partial charge in [0.1, 0.15) is 12.4 Å². The number of rotatable bonds is 4. The van der Waals surface area contributed by atoms with Crippen LogP contribution >= 0.6 is 0 Å². The monoisotopic (exact) mass is 256 g/mol. The van der Waals surface area contributed by atoms with Crippen molar-refractivity contribution in [2.24, 2.45) is 0 Å². The minimum Gasteiger partial charge on any atom is -0.490 e. The van der Waals surface area contributed by atoms with Gasteiger partial charge >= 0.3 is 11.8 Å². The Morgan fingerprint density at radius 3 is 2.94 bits per heavy atom. The van der Waals surface area contributed by atoms with Crippen molar-refractivity contribution < 1.29 is 23.6 Å². The Labute approximate surface area is 101 Å². The van der Waals surface area contributed by atoms with Gasteiger partial charge < -0.3 is 14.8 Å². The van der Waals surface area contributed by atoms with E-state index in [9.17, 15) is 19.3 Å². The first-order valence-corrected chi connectivity index (χ1v) is 5.07. The number of nitro groups is 1. The van der Waals surface area contributed by atoms with Crippen LogP contribution in [0.1, 0.15) is 0 Å². The van der Waals surface area contributed by atoms with Crippen molar-refractivity contribution in [3.63, 3.8) is 0 Å². The molecule has 0 bridgehead atoms. The van der Waals surface area contributed by atoms with Crippen molar-refractivity contribution >= 4 is 11.8 Å². The maximum atomic E-state index is 13.2. The van der Waals surface area contributed by atoms with Crippen molar-refractivity contribution in [3.8, 4) is 5.75 Å². The van der Waals surface area contributed by atoms with Crippen LogP contribution in [-0.2, 0) is 4.74 Å². The molecule has 1 amide bonds. The topological polar surface area (TPSA) is 90.7 Å². The summed E-state index contributed by atoms with van der Waals surface area (Å²) >= 11 is 0. The van der Waals surface area contributed by atoms with Gasteiger partial charge in [0.2, 0.25) is 5.82 Å². The zero-order valence-corrected chi connectivity index (χ0v) is 9.09. The molecule has 1 saturated heterocycles. The third kappa shape index (κ3) is 2.65. The van der Waals surface area contributed by atoms with E-state index in [0.717, 1.165) is 12.1 Å². The molecule has 0 aromatic heterocycles. The van der Waals surface area contributed by atoms with E-state index in [0.29, 0.717) is 6.54 Å². The zero-order chi connectivity index (χ0) is 13.1. The van der Waals surface area contributed by atoms with Crippen molar-refractivity contribution in [1.29, 1.82) is 0 Å². The van der Waals surface area contributed by atoms with Crippen LogP contribution in [0.25, 0.3) is 0 Å². The van der Waals surface area contributed by atoms with Gasteiger partial charge in [-0.15, -0.1) is 0 Å². The molecule has 0 radical (unpaired) electrons. The molecule has 1 unspecified atom stereocenters. The molecule has 1 aromatic carbocycles. The molecule has 18 heavy (non-hydrogen) atoms. The number of halogens is 1. The van der Waals surface area contributed by atoms with Crippen LogP contribution in [-0.4, -0.2) is 30.3 Å². The van der Waals surface area contributed by atoms with Crippen molar-refractivity contribution in [2.45, 2.75) is 6.10 Å². The standard InChI is InChI=1S/C10H9FN2O5/c11-8-3-6(1-2-9(8)13(15)16)17-5-7-4-12-10(14)18-7/h1-3,7H,4-5H2,(H,12,14). The highest BCUT2D eigenvalue weighted by atomic mass is 19.1. The van der Waals surface area contributed by atoms with Gasteiger partial charge in [0.15, 0.2) is 6.10 Å². The van der Waals surface area contributed by atoms with Crippen LogP contribution in [0.5, 0.6) is 5.75 Å². The lowest BCUT2D eigenvalue weighted by molar-refractivity contribution is -0.387. The highest BCUT2D eigenvalue weighted by Crippen LogP contribution is 2.22. The lowest BCUT2D eigenvalue weighted by Gasteiger charge is -2.09. The van der Waals surface area contributed by atoms with E-state index in [1.807, 2.05) is 0 Å². The van der Waals surface area contributed by atoms with Gasteiger partial charge in [0, 0.05) is 12.1 Å². The van der Waals surface area contributed by atoms with Crippen LogP contribution < -0.4 is 10.1 Å². The summed E-state index contributed by atoms with van der Waals surface area (Å²) in [5.74, 6) is -0.833. The summed E-state index contributed by atoms with van der Waals surface area (Å²) in [6.07, 6.45) is -0.978. The first kappa shape index (κ1) is 12.1. The van der Waals surface area contributed by atoms with Crippen LogP contribution in [0.15, 0.2) is 18.2 Å². The molecule has 8 heteroatoms. The minimum absolute atomic E-state index is 0.0516. The van der Waals surface area contributed by atoms with Gasteiger partial charge in [-0.25, -0.2) is 4.79 Å². The molecule has 96 valence electrons. The van der Waals surface area contributed by atoms with E-state index >= 15 is 0 Å². The Morgan fingerprint density at radius 1 is 1.61 bits per heavy atom. The van der Waals surface area contributed by atoms with Gasteiger partial charge in [0.25, 0.3) is 0 Å². The molecule has 1 heterocycles. The molecule has 1 N–H and O–H groups in total. The molecular formula is C10H9FN2O5. The number of nitrogens with one attached hydrogen (secondary N) is 1. The Kier molecular flexibility index (Phi) is 3.26. The molecule has 1 fully saturated rings. The molecule has 0 saturated carbocycles. The van der Waals surface area contributed by atoms with Gasteiger partial charge in [-0.2, -0.15) is 4.39 Å². The van der Waals surface area contributed by atoms with Gasteiger partial charge in [-0.1, -0.05) is 0 Å². The molecule has 7 nitrogen and oxygen atoms in total. The SMILES string of the molecule is O=C1NCC(COc2ccc([N+](=O)[O-])c(F)c2)O1. The number of cyclic esters (lactones) is 1. The quantitative estimate of drug-likeness (QED) is 0.646. The number of nitro benzene ring substituents is 1. The highest BCUT2D eigenvalue weighted by molar-refractivity contribution is 5.69. The van der Waals surface area contributed by atoms with Crippen LogP contribution in [0.3, 0.4) is 0 Å². The van der Waals surface area contributed by atoms with Crippen molar-refractivity contribution in [2.75, 3.05) is 13.2 Å². The predicted octanol–water partition coefficient (Wildman–Crippen LogP) is 1.22. The average molecular weight is 256 g/mol. The number of alkyl carbamates (subject to hydrolysis) is 1. The molecule has 2 rings (SSSR count). The summed E-state index contributed by atoms with van der Waals surface area (Å²) in [7, 11) is 0. The molecule has 0 aliphatic carbocycles. The summed E-state index contributed by atoms with van der Waals surface area (Å²) in [4.78, 5) is 20.3. The van der Waals surface area contributed by atoms with E-state index in [1.165, 1.54) is 6.07 Å². The average Bonchev–Trinajstić information content (AvgIpc) is 2.72. The molecule has 0 spiro atoms. The Morgan fingerprint density at radius 2 is 2.39 bits per heavy atom. The fourth-order valence-corrected chi connectivity index (χ4v) is 1.44. The number of benzene rings is 1. The number of carbonyl (C=O) groups is 1. The number of carbonyl (C=O) groups excluding carboxylic acids is 1. The van der Waals surface area contributed by atoms with Crippen LogP contribution in [0, 0.1) is 15.9 Å². The smallest absolute Gasteiger partial charge is 0.407 e. The van der Waals surface area contributed by atoms with Gasteiger partial charge in [-0.3, -0.25) is 10.1 Å². The number of amides is 1. The second kappa shape index (κ2) is 4.86. The first-order valence-electron chi connectivity index (χ1n) is 5.07. The van der Waals surface area contributed by atoms with Gasteiger partial charge in [0.05, 0.1) is 11.5 Å². The van der Waals surface area contributed by atoms with E-state index in [2.05, 4.69) is 5.32 Å². The zero-order valence-electron chi connectivity index (χ0n) is 9.09. The first-order chi connectivity index (χ1) is 8.56. The van der Waals surface area contributed by atoms with Gasteiger partial charge in [-0.05, 0) is 6.07 Å². The second-order valence-electron chi connectivity index (χ2n) is 3.59. The number of ether oxygens (including phenoxy) is 2. The third-order valence-electron chi connectivity index (χ3n) is 2.30. The molecule has 1 aromatic rings. The molecule has 1 atom stereocenters. The Balaban J connectivity index is 1.96. The molecule has 1 aliphatic rings. The lowest BCUT2D eigenvalue weighted by Crippen LogP contribution is -2.21. The molecule has 1 aliphatic heterocycles. The molecular weight excluding hydrogens is 247 g/mol. The summed E-state index contributed by atoms with van der Waals surface area (Å²) in [6.45, 7) is 0.365. The fraction of sp³-hybridized carbons (Fsp3) is 0.300. The largest absolute Gasteiger partial charge is 0.490 e. The van der Waals surface area contributed by atoms with E-state index < -0.39 is 28.6 Å². The van der Waals surface area contributed by atoms with Crippen molar-refractivity contribution in [1.82, 2.24) is 5.32 Å². The van der Waals surface area contributed by atoms with E-state index in [1.54, 1.807) is 0 Å². The normalized spacial score (nSPS) is 18.1. The Hall–Kier alpha value is -2.38. The number of nitrogens with zero attached hydrogens (tertiary/aromatic N) is 1. The second-order valence-corrected chi connectivity index (χ2v) is 3.59. The number of hydrogen-bond acceptors (Lipinski definition) is 5. The summed E-state index contributed by atoms with van der Waals surface area (Å²) in [5, 5.41) is 12.8. The predicted molar refractivity (Wildman–Crippen MR) is 56.8 cm³/mol.